The average Bonchev–Trinajstić information content (AvgIpc) is 2.75. The van der Waals surface area contributed by atoms with Crippen LogP contribution in [0.4, 0.5) is 27.4 Å². The molecule has 0 radical (unpaired) electrons. The lowest BCUT2D eigenvalue weighted by molar-refractivity contribution is -0.384. The molecule has 1 aromatic carbocycles. The first kappa shape index (κ1) is 21.8. The van der Waals surface area contributed by atoms with Crippen LogP contribution in [0.15, 0.2) is 36.8 Å². The van der Waals surface area contributed by atoms with E-state index < -0.39 is 27.1 Å². The molecule has 2 aromatic heterocycles. The van der Waals surface area contributed by atoms with Gasteiger partial charge in [-0.3, -0.25) is 10.1 Å². The highest BCUT2D eigenvalue weighted by atomic mass is 35.5. The van der Waals surface area contributed by atoms with Gasteiger partial charge in [-0.25, -0.2) is 19.3 Å². The summed E-state index contributed by atoms with van der Waals surface area (Å²) in [4.78, 5) is 25.0. The van der Waals surface area contributed by atoms with E-state index in [1.54, 1.807) is 37.1 Å². The highest BCUT2D eigenvalue weighted by Gasteiger charge is 2.27. The molecule has 1 aliphatic rings. The summed E-state index contributed by atoms with van der Waals surface area (Å²) >= 11 is 5.87. The molecule has 2 N–H and O–H groups in total. The minimum Gasteiger partial charge on any atom is -0.386 e. The van der Waals surface area contributed by atoms with Crippen molar-refractivity contribution in [2.75, 3.05) is 16.8 Å². The summed E-state index contributed by atoms with van der Waals surface area (Å²) in [6.07, 6.45) is 3.53. The molecular formula is C21H20ClFN6O3. The van der Waals surface area contributed by atoms with Crippen LogP contribution in [0.25, 0.3) is 0 Å². The van der Waals surface area contributed by atoms with Gasteiger partial charge < -0.3 is 15.3 Å². The van der Waals surface area contributed by atoms with Crippen LogP contribution >= 0.6 is 11.6 Å². The molecule has 0 spiro atoms. The van der Waals surface area contributed by atoms with Gasteiger partial charge in [-0.2, -0.15) is 0 Å². The van der Waals surface area contributed by atoms with E-state index in [-0.39, 0.29) is 5.69 Å². The van der Waals surface area contributed by atoms with Crippen molar-refractivity contribution in [3.8, 4) is 0 Å². The normalized spacial score (nSPS) is 13.6. The monoisotopic (exact) mass is 458 g/mol. The van der Waals surface area contributed by atoms with E-state index in [0.29, 0.717) is 42.4 Å². The lowest BCUT2D eigenvalue weighted by Crippen LogP contribution is -2.32. The predicted molar refractivity (Wildman–Crippen MR) is 118 cm³/mol. The molecule has 3 aromatic rings. The number of halogens is 2. The summed E-state index contributed by atoms with van der Waals surface area (Å²) in [5.41, 5.74) is 0.998. The molecule has 9 nitrogen and oxygen atoms in total. The maximum absolute atomic E-state index is 14.7. The predicted octanol–water partition coefficient (Wildman–Crippen LogP) is 4.11. The molecule has 0 saturated carbocycles. The molecular weight excluding hydrogens is 439 g/mol. The Morgan fingerprint density at radius 3 is 2.69 bits per heavy atom. The number of benzene rings is 1. The van der Waals surface area contributed by atoms with Crippen molar-refractivity contribution in [3.05, 3.63) is 74.6 Å². The van der Waals surface area contributed by atoms with E-state index in [2.05, 4.69) is 20.3 Å². The Morgan fingerprint density at radius 2 is 2.03 bits per heavy atom. The third kappa shape index (κ3) is 4.19. The van der Waals surface area contributed by atoms with Gasteiger partial charge in [0.25, 0.3) is 5.69 Å². The fraction of sp³-hybridized carbons (Fsp3) is 0.286. The van der Waals surface area contributed by atoms with Gasteiger partial charge in [-0.05, 0) is 32.4 Å². The van der Waals surface area contributed by atoms with Crippen molar-refractivity contribution in [2.24, 2.45) is 0 Å². The maximum Gasteiger partial charge on any atom is 0.291 e. The molecule has 0 unspecified atom stereocenters. The molecule has 1 aliphatic heterocycles. The zero-order valence-electron chi connectivity index (χ0n) is 17.3. The number of hydrogen-bond donors (Lipinski definition) is 2. The Morgan fingerprint density at radius 1 is 1.25 bits per heavy atom. The van der Waals surface area contributed by atoms with E-state index in [0.717, 1.165) is 5.56 Å². The smallest absolute Gasteiger partial charge is 0.291 e. The number of aliphatic hydroxyl groups is 1. The average molecular weight is 459 g/mol. The number of nitrogens with zero attached hydrogens (tertiary/aromatic N) is 5. The molecule has 0 fully saturated rings. The molecule has 166 valence electrons. The largest absolute Gasteiger partial charge is 0.386 e. The molecule has 32 heavy (non-hydrogen) atoms. The first-order valence-electron chi connectivity index (χ1n) is 9.81. The Hall–Kier alpha value is -3.37. The van der Waals surface area contributed by atoms with Gasteiger partial charge in [0.05, 0.1) is 28.5 Å². The van der Waals surface area contributed by atoms with Crippen molar-refractivity contribution in [3.63, 3.8) is 0 Å². The Bertz CT molecular complexity index is 1180. The van der Waals surface area contributed by atoms with Crippen LogP contribution in [-0.4, -0.2) is 31.5 Å². The number of anilines is 3. The molecule has 0 bridgehead atoms. The van der Waals surface area contributed by atoms with Gasteiger partial charge in [0.2, 0.25) is 0 Å². The second kappa shape index (κ2) is 8.29. The number of nitrogens with one attached hydrogen (secondary N) is 1. The van der Waals surface area contributed by atoms with E-state index in [1.807, 2.05) is 0 Å². The number of aromatic nitrogens is 3. The van der Waals surface area contributed by atoms with E-state index >= 15 is 0 Å². The van der Waals surface area contributed by atoms with Crippen molar-refractivity contribution < 1.29 is 14.4 Å². The lowest BCUT2D eigenvalue weighted by Gasteiger charge is -2.31. The van der Waals surface area contributed by atoms with Gasteiger partial charge in [0.1, 0.15) is 18.0 Å². The SMILES string of the molecule is CC(C)(O)c1ccc(Nc2ncnc3c2CCN(c2ccc([N+](=O)[O-])c(Cl)c2F)C3)nc1. The van der Waals surface area contributed by atoms with Crippen molar-refractivity contribution >= 4 is 34.6 Å². The number of nitro benzene ring substituents is 1. The molecule has 3 heterocycles. The fourth-order valence-corrected chi connectivity index (χ4v) is 3.76. The third-order valence-corrected chi connectivity index (χ3v) is 5.66. The van der Waals surface area contributed by atoms with Crippen LogP contribution < -0.4 is 10.2 Å². The number of hydrogen-bond acceptors (Lipinski definition) is 8. The van der Waals surface area contributed by atoms with Crippen LogP contribution in [-0.2, 0) is 18.6 Å². The van der Waals surface area contributed by atoms with Crippen molar-refractivity contribution in [2.45, 2.75) is 32.4 Å². The Labute approximate surface area is 188 Å². The second-order valence-electron chi connectivity index (χ2n) is 7.92. The summed E-state index contributed by atoms with van der Waals surface area (Å²) in [6.45, 7) is 4.11. The van der Waals surface area contributed by atoms with Crippen LogP contribution in [0.3, 0.4) is 0 Å². The van der Waals surface area contributed by atoms with Crippen molar-refractivity contribution in [1.29, 1.82) is 0 Å². The Kier molecular flexibility index (Phi) is 5.66. The maximum atomic E-state index is 14.7. The molecule has 0 amide bonds. The molecule has 0 aliphatic carbocycles. The number of nitro groups is 1. The summed E-state index contributed by atoms with van der Waals surface area (Å²) in [6, 6.07) is 6.10. The molecule has 4 rings (SSSR count). The topological polar surface area (TPSA) is 117 Å². The third-order valence-electron chi connectivity index (χ3n) is 5.30. The molecule has 0 saturated heterocycles. The van der Waals surface area contributed by atoms with Crippen LogP contribution in [0.1, 0.15) is 30.7 Å². The van der Waals surface area contributed by atoms with Gasteiger partial charge >= 0.3 is 0 Å². The molecule has 0 atom stereocenters. The minimum atomic E-state index is -0.987. The first-order chi connectivity index (χ1) is 15.1. The van der Waals surface area contributed by atoms with Crippen LogP contribution in [0.5, 0.6) is 0 Å². The zero-order chi connectivity index (χ0) is 23.0. The van der Waals surface area contributed by atoms with E-state index in [1.165, 1.54) is 18.5 Å². The quantitative estimate of drug-likeness (QED) is 0.433. The number of pyridine rings is 1. The number of fused-ring (bicyclic) bond motifs is 1. The lowest BCUT2D eigenvalue weighted by atomic mass is 10.0. The highest BCUT2D eigenvalue weighted by molar-refractivity contribution is 6.33. The van der Waals surface area contributed by atoms with E-state index in [9.17, 15) is 19.6 Å². The van der Waals surface area contributed by atoms with Gasteiger partial charge in [0.15, 0.2) is 10.8 Å². The minimum absolute atomic E-state index is 0.184. The Balaban J connectivity index is 1.57. The second-order valence-corrected chi connectivity index (χ2v) is 8.30. The molecule has 11 heteroatoms. The standard InChI is InChI=1S/C21H20ClFN6O3/c1-21(2,30)12-3-6-17(24-9-12)27-20-13-7-8-28(10-14(13)25-11-26-20)16-5-4-15(29(31)32)18(22)19(16)23/h3-6,9,11,30H,7-8,10H2,1-2H3,(H,24,25,26,27). The zero-order valence-corrected chi connectivity index (χ0v) is 18.1. The van der Waals surface area contributed by atoms with E-state index in [4.69, 9.17) is 11.6 Å². The summed E-state index contributed by atoms with van der Waals surface area (Å²) < 4.78 is 14.7. The van der Waals surface area contributed by atoms with Crippen LogP contribution in [0.2, 0.25) is 5.02 Å². The van der Waals surface area contributed by atoms with Gasteiger partial charge in [0, 0.05) is 29.9 Å². The summed E-state index contributed by atoms with van der Waals surface area (Å²) in [5.74, 6) is 0.336. The van der Waals surface area contributed by atoms with Crippen LogP contribution in [0, 0.1) is 15.9 Å². The fourth-order valence-electron chi connectivity index (χ4n) is 3.53. The number of rotatable bonds is 5. The van der Waals surface area contributed by atoms with Crippen molar-refractivity contribution in [1.82, 2.24) is 15.0 Å². The van der Waals surface area contributed by atoms with Gasteiger partial charge in [-0.15, -0.1) is 0 Å². The summed E-state index contributed by atoms with van der Waals surface area (Å²) in [7, 11) is 0. The first-order valence-corrected chi connectivity index (χ1v) is 10.2. The highest BCUT2D eigenvalue weighted by Crippen LogP contribution is 2.36. The summed E-state index contributed by atoms with van der Waals surface area (Å²) in [5, 5.41) is 23.7. The van der Waals surface area contributed by atoms with Gasteiger partial charge in [-0.1, -0.05) is 17.7 Å².